The van der Waals surface area contributed by atoms with Crippen LogP contribution in [0.25, 0.3) is 0 Å². The Hall–Kier alpha value is -2.02. The number of nitrogens with zero attached hydrogens (tertiary/aromatic N) is 3. The molecule has 1 heterocycles. The Balaban J connectivity index is 1.60. The lowest BCUT2D eigenvalue weighted by Gasteiger charge is -2.26. The molecule has 116 valence electrons. The predicted molar refractivity (Wildman–Crippen MR) is 88.4 cm³/mol. The Kier molecular flexibility index (Phi) is 4.33. The number of hydrogen-bond acceptors (Lipinski definition) is 2. The second kappa shape index (κ2) is 6.39. The van der Waals surface area contributed by atoms with Crippen molar-refractivity contribution >= 4 is 5.96 Å². The van der Waals surface area contributed by atoms with E-state index in [0.717, 1.165) is 24.6 Å². The Morgan fingerprint density at radius 2 is 2.18 bits per heavy atom. The lowest BCUT2D eigenvalue weighted by Crippen LogP contribution is -2.40. The third-order valence-electron chi connectivity index (χ3n) is 5.12. The summed E-state index contributed by atoms with van der Waals surface area (Å²) in [5, 5.41) is 12.4. The van der Waals surface area contributed by atoms with Gasteiger partial charge in [0.25, 0.3) is 0 Å². The minimum absolute atomic E-state index is 0.554. The molecular weight excluding hydrogens is 272 g/mol. The van der Waals surface area contributed by atoms with Crippen molar-refractivity contribution in [3.8, 4) is 6.07 Å². The van der Waals surface area contributed by atoms with Gasteiger partial charge in [0.1, 0.15) is 0 Å². The number of rotatable bonds is 2. The van der Waals surface area contributed by atoms with Gasteiger partial charge in [-0.2, -0.15) is 5.26 Å². The minimum Gasteiger partial charge on any atom is -0.352 e. The van der Waals surface area contributed by atoms with E-state index >= 15 is 0 Å². The number of likely N-dealkylation sites (tertiary alicyclic amines) is 1. The molecule has 0 radical (unpaired) electrons. The molecule has 1 aliphatic carbocycles. The maximum absolute atomic E-state index is 8.97. The summed E-state index contributed by atoms with van der Waals surface area (Å²) in [6, 6.07) is 9.94. The van der Waals surface area contributed by atoms with E-state index in [0.29, 0.717) is 17.5 Å². The molecule has 1 aromatic rings. The van der Waals surface area contributed by atoms with Crippen molar-refractivity contribution in [3.05, 3.63) is 35.4 Å². The van der Waals surface area contributed by atoms with Gasteiger partial charge in [-0.25, -0.2) is 0 Å². The molecule has 4 heteroatoms. The monoisotopic (exact) mass is 296 g/mol. The van der Waals surface area contributed by atoms with E-state index < -0.39 is 0 Å². The SMILES string of the molecule is CN=C(NCc1cccc(C#N)c1)N1CCC2(CCCC2)C1. The molecule has 0 atom stereocenters. The molecule has 1 saturated carbocycles. The summed E-state index contributed by atoms with van der Waals surface area (Å²) in [4.78, 5) is 6.85. The molecule has 0 aromatic heterocycles. The molecule has 1 saturated heterocycles. The molecule has 2 fully saturated rings. The van der Waals surface area contributed by atoms with Gasteiger partial charge >= 0.3 is 0 Å². The van der Waals surface area contributed by atoms with Crippen molar-refractivity contribution in [1.82, 2.24) is 10.2 Å². The molecule has 0 bridgehead atoms. The van der Waals surface area contributed by atoms with Crippen molar-refractivity contribution in [2.24, 2.45) is 10.4 Å². The largest absolute Gasteiger partial charge is 0.352 e. The number of aliphatic imine (C=N–C) groups is 1. The van der Waals surface area contributed by atoms with E-state index in [1.165, 1.54) is 32.1 Å². The van der Waals surface area contributed by atoms with Crippen molar-refractivity contribution in [1.29, 1.82) is 5.26 Å². The van der Waals surface area contributed by atoms with E-state index in [4.69, 9.17) is 5.26 Å². The van der Waals surface area contributed by atoms with E-state index in [1.54, 1.807) is 0 Å². The summed E-state index contributed by atoms with van der Waals surface area (Å²) in [5.41, 5.74) is 2.38. The van der Waals surface area contributed by atoms with Crippen molar-refractivity contribution < 1.29 is 0 Å². The van der Waals surface area contributed by atoms with Crippen LogP contribution in [-0.4, -0.2) is 31.0 Å². The van der Waals surface area contributed by atoms with Crippen LogP contribution in [0.3, 0.4) is 0 Å². The summed E-state index contributed by atoms with van der Waals surface area (Å²) < 4.78 is 0. The van der Waals surface area contributed by atoms with Crippen LogP contribution in [0, 0.1) is 16.7 Å². The molecule has 1 N–H and O–H groups in total. The van der Waals surface area contributed by atoms with Crippen molar-refractivity contribution in [3.63, 3.8) is 0 Å². The number of benzene rings is 1. The lowest BCUT2D eigenvalue weighted by molar-refractivity contribution is 0.309. The van der Waals surface area contributed by atoms with Crippen LogP contribution in [0.2, 0.25) is 0 Å². The predicted octanol–water partition coefficient (Wildman–Crippen LogP) is 2.90. The highest BCUT2D eigenvalue weighted by Gasteiger charge is 2.40. The van der Waals surface area contributed by atoms with Crippen LogP contribution in [0.4, 0.5) is 0 Å². The Bertz CT molecular complexity index is 593. The van der Waals surface area contributed by atoms with Gasteiger partial charge in [0.05, 0.1) is 11.6 Å². The van der Waals surface area contributed by atoms with Gasteiger partial charge in [-0.3, -0.25) is 4.99 Å². The zero-order chi connectivity index (χ0) is 15.4. The molecule has 3 rings (SSSR count). The summed E-state index contributed by atoms with van der Waals surface area (Å²) in [6.45, 7) is 2.97. The van der Waals surface area contributed by atoms with Gasteiger partial charge in [0, 0.05) is 26.7 Å². The Labute approximate surface area is 132 Å². The number of hydrogen-bond donors (Lipinski definition) is 1. The van der Waals surface area contributed by atoms with Gasteiger partial charge in [-0.05, 0) is 42.4 Å². The average molecular weight is 296 g/mol. The molecule has 4 nitrogen and oxygen atoms in total. The van der Waals surface area contributed by atoms with Crippen molar-refractivity contribution in [2.75, 3.05) is 20.1 Å². The summed E-state index contributed by atoms with van der Waals surface area (Å²) >= 11 is 0. The van der Waals surface area contributed by atoms with Gasteiger partial charge < -0.3 is 10.2 Å². The first-order valence-electron chi connectivity index (χ1n) is 8.19. The second-order valence-electron chi connectivity index (χ2n) is 6.59. The summed E-state index contributed by atoms with van der Waals surface area (Å²) in [5.74, 6) is 0.992. The van der Waals surface area contributed by atoms with E-state index in [9.17, 15) is 0 Å². The van der Waals surface area contributed by atoms with Crippen LogP contribution in [0.1, 0.15) is 43.2 Å². The smallest absolute Gasteiger partial charge is 0.193 e. The molecule has 22 heavy (non-hydrogen) atoms. The quantitative estimate of drug-likeness (QED) is 0.674. The summed E-state index contributed by atoms with van der Waals surface area (Å²) in [6.07, 6.45) is 6.84. The lowest BCUT2D eigenvalue weighted by atomic mass is 9.86. The maximum Gasteiger partial charge on any atom is 0.193 e. The van der Waals surface area contributed by atoms with E-state index in [2.05, 4.69) is 21.3 Å². The Morgan fingerprint density at radius 1 is 1.36 bits per heavy atom. The molecular formula is C18H24N4. The number of nitrogens with one attached hydrogen (secondary N) is 1. The fourth-order valence-electron chi connectivity index (χ4n) is 3.91. The Morgan fingerprint density at radius 3 is 2.91 bits per heavy atom. The molecule has 1 aromatic carbocycles. The van der Waals surface area contributed by atoms with E-state index in [-0.39, 0.29) is 0 Å². The van der Waals surface area contributed by atoms with E-state index in [1.807, 2.05) is 31.3 Å². The van der Waals surface area contributed by atoms with Crippen molar-refractivity contribution in [2.45, 2.75) is 38.6 Å². The fourth-order valence-corrected chi connectivity index (χ4v) is 3.91. The van der Waals surface area contributed by atoms with Gasteiger partial charge in [-0.15, -0.1) is 0 Å². The van der Waals surface area contributed by atoms with Gasteiger partial charge in [0.15, 0.2) is 5.96 Å². The summed E-state index contributed by atoms with van der Waals surface area (Å²) in [7, 11) is 1.85. The molecule has 1 spiro atoms. The van der Waals surface area contributed by atoms with Gasteiger partial charge in [-0.1, -0.05) is 25.0 Å². The fraction of sp³-hybridized carbons (Fsp3) is 0.556. The molecule has 1 aliphatic heterocycles. The first kappa shape index (κ1) is 14.9. The zero-order valence-corrected chi connectivity index (χ0v) is 13.3. The second-order valence-corrected chi connectivity index (χ2v) is 6.59. The number of nitriles is 1. The van der Waals surface area contributed by atoms with Crippen LogP contribution in [-0.2, 0) is 6.54 Å². The third kappa shape index (κ3) is 3.09. The first-order valence-corrected chi connectivity index (χ1v) is 8.19. The average Bonchev–Trinajstić information content (AvgIpc) is 3.19. The third-order valence-corrected chi connectivity index (χ3v) is 5.12. The highest BCUT2D eigenvalue weighted by Crippen LogP contribution is 2.45. The van der Waals surface area contributed by atoms with Gasteiger partial charge in [0.2, 0.25) is 0 Å². The highest BCUT2D eigenvalue weighted by atomic mass is 15.3. The topological polar surface area (TPSA) is 51.4 Å². The maximum atomic E-state index is 8.97. The molecule has 0 unspecified atom stereocenters. The van der Waals surface area contributed by atoms with Crippen LogP contribution in [0.15, 0.2) is 29.3 Å². The molecule has 0 amide bonds. The highest BCUT2D eigenvalue weighted by molar-refractivity contribution is 5.80. The normalized spacial score (nSPS) is 20.4. The minimum atomic E-state index is 0.554. The van der Waals surface area contributed by atoms with Crippen LogP contribution >= 0.6 is 0 Å². The number of guanidine groups is 1. The van der Waals surface area contributed by atoms with Crippen LogP contribution < -0.4 is 5.32 Å². The standard InChI is InChI=1S/C18H24N4/c1-20-17(21-13-16-6-4-5-15(11-16)12-19)22-10-9-18(14-22)7-2-3-8-18/h4-6,11H,2-3,7-10,13-14H2,1H3,(H,20,21). The zero-order valence-electron chi connectivity index (χ0n) is 13.3. The molecule has 2 aliphatic rings. The first-order chi connectivity index (χ1) is 10.7. The van der Waals surface area contributed by atoms with Crippen LogP contribution in [0.5, 0.6) is 0 Å².